The van der Waals surface area contributed by atoms with E-state index in [9.17, 15) is 13.5 Å². The summed E-state index contributed by atoms with van der Waals surface area (Å²) in [6.45, 7) is 3.02. The first-order chi connectivity index (χ1) is 12.3. The number of benzene rings is 1. The third-order valence-electron chi connectivity index (χ3n) is 5.95. The Morgan fingerprint density at radius 2 is 2.04 bits per heavy atom. The van der Waals surface area contributed by atoms with Crippen molar-refractivity contribution in [3.05, 3.63) is 35.9 Å². The Morgan fingerprint density at radius 1 is 1.23 bits per heavy atom. The summed E-state index contributed by atoms with van der Waals surface area (Å²) in [5.41, 5.74) is 2.11. The molecular formula is C19H23NO5S. The van der Waals surface area contributed by atoms with Gasteiger partial charge in [-0.05, 0) is 54.7 Å². The number of hydrogen-bond donors (Lipinski definition) is 2. The summed E-state index contributed by atoms with van der Waals surface area (Å²) in [6.07, 6.45) is 7.85. The third kappa shape index (κ3) is 3.25. The molecule has 0 unspecified atom stereocenters. The van der Waals surface area contributed by atoms with Crippen LogP contribution >= 0.6 is 0 Å². The summed E-state index contributed by atoms with van der Waals surface area (Å²) < 4.78 is 35.6. The van der Waals surface area contributed by atoms with Crippen LogP contribution in [0, 0.1) is 23.7 Å². The molecule has 0 aromatic heterocycles. The molecule has 1 fully saturated rings. The average molecular weight is 377 g/mol. The first-order valence-electron chi connectivity index (χ1n) is 9.04. The van der Waals surface area contributed by atoms with Gasteiger partial charge in [0.05, 0.1) is 0 Å². The van der Waals surface area contributed by atoms with E-state index >= 15 is 0 Å². The highest BCUT2D eigenvalue weighted by Gasteiger charge is 2.45. The van der Waals surface area contributed by atoms with Crippen LogP contribution in [0.5, 0.6) is 11.5 Å². The molecule has 0 spiro atoms. The molecule has 7 heteroatoms. The zero-order valence-electron chi connectivity index (χ0n) is 14.6. The molecule has 140 valence electrons. The molecule has 1 heterocycles. The van der Waals surface area contributed by atoms with E-state index in [1.165, 1.54) is 24.6 Å². The Hall–Kier alpha value is -1.86. The van der Waals surface area contributed by atoms with Crippen LogP contribution in [0.4, 0.5) is 0 Å². The molecule has 3 aliphatic rings. The molecule has 2 N–H and O–H groups in total. The number of nitrogens with zero attached hydrogens (tertiary/aromatic N) is 1. The van der Waals surface area contributed by atoms with Gasteiger partial charge in [0.15, 0.2) is 0 Å². The molecule has 4 rings (SSSR count). The van der Waals surface area contributed by atoms with Crippen molar-refractivity contribution in [1.29, 1.82) is 0 Å². The van der Waals surface area contributed by atoms with Gasteiger partial charge in [-0.2, -0.15) is 8.42 Å². The lowest BCUT2D eigenvalue weighted by molar-refractivity contribution is 0.186. The molecule has 5 atom stereocenters. The molecule has 6 nitrogen and oxygen atoms in total. The van der Waals surface area contributed by atoms with E-state index in [1.807, 2.05) is 0 Å². The zero-order chi connectivity index (χ0) is 18.5. The summed E-state index contributed by atoms with van der Waals surface area (Å²) in [6, 6.07) is 4.42. The maximum absolute atomic E-state index is 11.0. The Balaban J connectivity index is 1.75. The lowest BCUT2D eigenvalue weighted by Gasteiger charge is -2.48. The van der Waals surface area contributed by atoms with Crippen LogP contribution in [0.2, 0.25) is 0 Å². The molecule has 0 saturated heterocycles. The van der Waals surface area contributed by atoms with Gasteiger partial charge in [-0.25, -0.2) is 0 Å². The van der Waals surface area contributed by atoms with Gasteiger partial charge >= 0.3 is 10.4 Å². The number of rotatable bonds is 3. The van der Waals surface area contributed by atoms with Crippen LogP contribution in [0.25, 0.3) is 0 Å². The summed E-state index contributed by atoms with van der Waals surface area (Å²) in [4.78, 5) is 4.82. The van der Waals surface area contributed by atoms with Crippen molar-refractivity contribution in [3.63, 3.8) is 0 Å². The van der Waals surface area contributed by atoms with E-state index in [2.05, 4.69) is 23.3 Å². The van der Waals surface area contributed by atoms with E-state index in [1.54, 1.807) is 12.1 Å². The fraction of sp³-hybridized carbons (Fsp3) is 0.526. The smallest absolute Gasteiger partial charge is 0.446 e. The van der Waals surface area contributed by atoms with Crippen molar-refractivity contribution in [3.8, 4) is 11.5 Å². The van der Waals surface area contributed by atoms with Gasteiger partial charge in [0.25, 0.3) is 0 Å². The highest BCUT2D eigenvalue weighted by atomic mass is 32.3. The van der Waals surface area contributed by atoms with Crippen molar-refractivity contribution in [2.45, 2.75) is 32.1 Å². The van der Waals surface area contributed by atoms with Gasteiger partial charge < -0.3 is 9.29 Å². The van der Waals surface area contributed by atoms with Crippen LogP contribution in [-0.2, 0) is 10.4 Å². The van der Waals surface area contributed by atoms with Gasteiger partial charge in [0.1, 0.15) is 11.5 Å². The maximum Gasteiger partial charge on any atom is 0.446 e. The summed E-state index contributed by atoms with van der Waals surface area (Å²) >= 11 is 0. The van der Waals surface area contributed by atoms with Crippen molar-refractivity contribution in [2.24, 2.45) is 28.7 Å². The fourth-order valence-electron chi connectivity index (χ4n) is 5.03. The second kappa shape index (κ2) is 6.39. The molecule has 1 aliphatic heterocycles. The topological polar surface area (TPSA) is 96.2 Å². The summed E-state index contributed by atoms with van der Waals surface area (Å²) in [7, 11) is -4.64. The highest BCUT2D eigenvalue weighted by Crippen LogP contribution is 2.50. The standard InChI is InChI=1S/C19H23NO5S/c1-11-10-20-17-4-2-3-12-5-6-16(18(11)19(12)17)13-7-14(21)9-15(8-13)25-26(22,23)24/h5-9,11-12,16,18-19,21H,2-4,10H2,1H3,(H,22,23,24)/t11-,12+,16+,18-,19+/m1/s1. The second-order valence-electron chi connectivity index (χ2n) is 7.65. The van der Waals surface area contributed by atoms with Crippen LogP contribution < -0.4 is 4.18 Å². The van der Waals surface area contributed by atoms with E-state index in [0.29, 0.717) is 23.7 Å². The fourth-order valence-corrected chi connectivity index (χ4v) is 5.37. The third-order valence-corrected chi connectivity index (χ3v) is 6.35. The Kier molecular flexibility index (Phi) is 4.31. The van der Waals surface area contributed by atoms with Crippen molar-refractivity contribution in [1.82, 2.24) is 0 Å². The zero-order valence-corrected chi connectivity index (χ0v) is 15.4. The Labute approximate surface area is 153 Å². The Bertz CT molecular complexity index is 876. The molecule has 1 aromatic rings. The van der Waals surface area contributed by atoms with Crippen molar-refractivity contribution >= 4 is 16.1 Å². The van der Waals surface area contributed by atoms with Gasteiger partial charge in [-0.3, -0.25) is 9.55 Å². The van der Waals surface area contributed by atoms with E-state index < -0.39 is 10.4 Å². The first-order valence-corrected chi connectivity index (χ1v) is 10.4. The number of aliphatic imine (C=N–C) groups is 1. The predicted molar refractivity (Wildman–Crippen MR) is 98.0 cm³/mol. The van der Waals surface area contributed by atoms with Crippen LogP contribution in [0.3, 0.4) is 0 Å². The van der Waals surface area contributed by atoms with Gasteiger partial charge in [-0.1, -0.05) is 19.1 Å². The molecule has 0 amide bonds. The number of allylic oxidation sites excluding steroid dienone is 2. The van der Waals surface area contributed by atoms with Crippen molar-refractivity contribution < 1.29 is 22.3 Å². The largest absolute Gasteiger partial charge is 0.508 e. The molecule has 0 radical (unpaired) electrons. The van der Waals surface area contributed by atoms with Crippen LogP contribution in [-0.4, -0.2) is 30.3 Å². The monoisotopic (exact) mass is 377 g/mol. The lowest BCUT2D eigenvalue weighted by Crippen LogP contribution is -2.45. The minimum atomic E-state index is -4.64. The van der Waals surface area contributed by atoms with E-state index in [0.717, 1.165) is 18.5 Å². The molecule has 2 aliphatic carbocycles. The average Bonchev–Trinajstić information content (AvgIpc) is 2.56. The molecule has 26 heavy (non-hydrogen) atoms. The van der Waals surface area contributed by atoms with E-state index in [-0.39, 0.29) is 17.4 Å². The van der Waals surface area contributed by atoms with Crippen molar-refractivity contribution in [2.75, 3.05) is 6.54 Å². The molecule has 1 aromatic carbocycles. The summed E-state index contributed by atoms with van der Waals surface area (Å²) in [5, 5.41) is 10.0. The minimum Gasteiger partial charge on any atom is -0.508 e. The number of phenols is 1. The van der Waals surface area contributed by atoms with Crippen LogP contribution in [0.15, 0.2) is 35.3 Å². The molecule has 1 saturated carbocycles. The van der Waals surface area contributed by atoms with Crippen LogP contribution in [0.1, 0.15) is 37.7 Å². The number of aromatic hydroxyl groups is 1. The minimum absolute atomic E-state index is 0.0469. The van der Waals surface area contributed by atoms with E-state index in [4.69, 9.17) is 9.55 Å². The second-order valence-corrected chi connectivity index (χ2v) is 8.67. The molecule has 0 bridgehead atoms. The molecular weight excluding hydrogens is 354 g/mol. The highest BCUT2D eigenvalue weighted by molar-refractivity contribution is 7.81. The maximum atomic E-state index is 11.0. The predicted octanol–water partition coefficient (Wildman–Crippen LogP) is 3.35. The normalized spacial score (nSPS) is 33.3. The first kappa shape index (κ1) is 17.5. The van der Waals surface area contributed by atoms with Gasteiger partial charge in [0.2, 0.25) is 0 Å². The quantitative estimate of drug-likeness (QED) is 0.622. The SMILES string of the molecule is C[C@@H]1CN=C2CCC[C@H]3C=C[C@@H](c4cc(O)cc(OS(=O)(=O)O)c4)[C@@H]1[C@H]23. The number of phenolic OH excluding ortho intramolecular Hbond substituents is 1. The Morgan fingerprint density at radius 3 is 2.81 bits per heavy atom. The number of hydrogen-bond acceptors (Lipinski definition) is 5. The van der Waals surface area contributed by atoms with Gasteiger partial charge in [0, 0.05) is 30.2 Å². The summed E-state index contributed by atoms with van der Waals surface area (Å²) in [5.74, 6) is 1.56. The lowest BCUT2D eigenvalue weighted by atomic mass is 9.58. The van der Waals surface area contributed by atoms with Gasteiger partial charge in [-0.15, -0.1) is 0 Å².